The summed E-state index contributed by atoms with van der Waals surface area (Å²) in [5.74, 6) is -0.439. The Bertz CT molecular complexity index is 166. The van der Waals surface area contributed by atoms with E-state index in [1.54, 1.807) is 0 Å². The number of carbonyl (C=O) groups is 1. The van der Waals surface area contributed by atoms with Gasteiger partial charge in [-0.3, -0.25) is 0 Å². The van der Waals surface area contributed by atoms with Crippen molar-refractivity contribution in [1.82, 2.24) is 0 Å². The van der Waals surface area contributed by atoms with Crippen molar-refractivity contribution in [3.8, 4) is 0 Å². The lowest BCUT2D eigenvalue weighted by Gasteiger charge is -2.03. The Balaban J connectivity index is 0. The summed E-state index contributed by atoms with van der Waals surface area (Å²) < 4.78 is 14.5. The SMILES string of the molecule is C.C=COCCOCCOC(=O)C=C. The quantitative estimate of drug-likeness (QED) is 0.259. The second-order valence-electron chi connectivity index (χ2n) is 2.02. The van der Waals surface area contributed by atoms with Crippen LogP contribution in [0.25, 0.3) is 0 Å². The first kappa shape index (κ1) is 15.2. The van der Waals surface area contributed by atoms with Crippen molar-refractivity contribution in [1.29, 1.82) is 0 Å². The fourth-order valence-electron chi connectivity index (χ4n) is 0.553. The molecule has 0 aliphatic rings. The number of esters is 1. The van der Waals surface area contributed by atoms with Gasteiger partial charge in [0.2, 0.25) is 0 Å². The summed E-state index contributed by atoms with van der Waals surface area (Å²) in [6.45, 7) is 8.13. The summed E-state index contributed by atoms with van der Waals surface area (Å²) >= 11 is 0. The van der Waals surface area contributed by atoms with E-state index < -0.39 is 5.97 Å². The molecule has 4 heteroatoms. The van der Waals surface area contributed by atoms with Crippen molar-refractivity contribution in [3.63, 3.8) is 0 Å². The fraction of sp³-hybridized carbons (Fsp3) is 0.500. The van der Waals surface area contributed by atoms with E-state index in [1.807, 2.05) is 0 Å². The number of hydrogen-bond acceptors (Lipinski definition) is 4. The molecule has 0 aromatic heterocycles. The number of ether oxygens (including phenoxy) is 3. The first-order valence-corrected chi connectivity index (χ1v) is 3.90. The Kier molecular flexibility index (Phi) is 12.7. The van der Waals surface area contributed by atoms with E-state index in [0.717, 1.165) is 6.08 Å². The first-order chi connectivity index (χ1) is 6.31. The zero-order valence-corrected chi connectivity index (χ0v) is 7.53. The maximum absolute atomic E-state index is 10.5. The summed E-state index contributed by atoms with van der Waals surface area (Å²) in [5, 5.41) is 0. The molecule has 0 N–H and O–H groups in total. The largest absolute Gasteiger partial charge is 0.499 e. The van der Waals surface area contributed by atoms with Crippen LogP contribution in [0.3, 0.4) is 0 Å². The molecule has 0 saturated heterocycles. The molecule has 0 fully saturated rings. The van der Waals surface area contributed by atoms with Crippen LogP contribution in [-0.2, 0) is 19.0 Å². The maximum atomic E-state index is 10.5. The Morgan fingerprint density at radius 2 is 1.79 bits per heavy atom. The molecule has 0 aromatic rings. The molecule has 0 radical (unpaired) electrons. The molecule has 82 valence electrons. The van der Waals surface area contributed by atoms with E-state index >= 15 is 0 Å². The van der Waals surface area contributed by atoms with Crippen LogP contribution in [0.2, 0.25) is 0 Å². The smallest absolute Gasteiger partial charge is 0.330 e. The van der Waals surface area contributed by atoms with Crippen LogP contribution >= 0.6 is 0 Å². The van der Waals surface area contributed by atoms with Crippen LogP contribution < -0.4 is 0 Å². The van der Waals surface area contributed by atoms with Crippen LogP contribution in [0.15, 0.2) is 25.5 Å². The fourth-order valence-corrected chi connectivity index (χ4v) is 0.553. The van der Waals surface area contributed by atoms with Crippen LogP contribution in [0.1, 0.15) is 7.43 Å². The lowest BCUT2D eigenvalue weighted by atomic mass is 10.6. The summed E-state index contributed by atoms with van der Waals surface area (Å²) in [4.78, 5) is 10.5. The average molecular weight is 202 g/mol. The number of rotatable bonds is 8. The summed E-state index contributed by atoms with van der Waals surface area (Å²) in [5.41, 5.74) is 0. The first-order valence-electron chi connectivity index (χ1n) is 3.90. The van der Waals surface area contributed by atoms with E-state index in [1.165, 1.54) is 6.26 Å². The highest BCUT2D eigenvalue weighted by atomic mass is 16.6. The van der Waals surface area contributed by atoms with Gasteiger partial charge in [0.05, 0.1) is 19.5 Å². The van der Waals surface area contributed by atoms with Gasteiger partial charge in [-0.2, -0.15) is 0 Å². The van der Waals surface area contributed by atoms with Gasteiger partial charge in [0.25, 0.3) is 0 Å². The van der Waals surface area contributed by atoms with Gasteiger partial charge < -0.3 is 14.2 Å². The molecule has 0 saturated carbocycles. The minimum Gasteiger partial charge on any atom is -0.499 e. The molecule has 14 heavy (non-hydrogen) atoms. The van der Waals surface area contributed by atoms with Gasteiger partial charge >= 0.3 is 5.97 Å². The van der Waals surface area contributed by atoms with Crippen molar-refractivity contribution < 1.29 is 19.0 Å². The topological polar surface area (TPSA) is 44.8 Å². The van der Waals surface area contributed by atoms with Crippen molar-refractivity contribution in [2.45, 2.75) is 7.43 Å². The van der Waals surface area contributed by atoms with E-state index in [9.17, 15) is 4.79 Å². The molecular weight excluding hydrogens is 184 g/mol. The Labute approximate surface area is 85.2 Å². The van der Waals surface area contributed by atoms with E-state index in [4.69, 9.17) is 9.47 Å². The minimum absolute atomic E-state index is 0. The van der Waals surface area contributed by atoms with Crippen LogP contribution in [0.4, 0.5) is 0 Å². The second kappa shape index (κ2) is 11.7. The van der Waals surface area contributed by atoms with E-state index in [-0.39, 0.29) is 14.0 Å². The molecule has 4 nitrogen and oxygen atoms in total. The average Bonchev–Trinajstić information content (AvgIpc) is 2.16. The molecule has 0 aromatic carbocycles. The molecule has 0 spiro atoms. The zero-order valence-electron chi connectivity index (χ0n) is 7.53. The van der Waals surface area contributed by atoms with Crippen molar-refractivity contribution in [2.24, 2.45) is 0 Å². The highest BCUT2D eigenvalue weighted by molar-refractivity contribution is 5.81. The molecule has 0 unspecified atom stereocenters. The Morgan fingerprint density at radius 1 is 1.14 bits per heavy atom. The molecular formula is C10H18O4. The van der Waals surface area contributed by atoms with Crippen molar-refractivity contribution >= 4 is 5.97 Å². The normalized spacial score (nSPS) is 8.29. The van der Waals surface area contributed by atoms with Crippen LogP contribution in [0, 0.1) is 0 Å². The summed E-state index contributed by atoms with van der Waals surface area (Å²) in [6.07, 6.45) is 2.46. The van der Waals surface area contributed by atoms with Crippen LogP contribution in [0.5, 0.6) is 0 Å². The van der Waals surface area contributed by atoms with E-state index in [0.29, 0.717) is 19.8 Å². The van der Waals surface area contributed by atoms with Gasteiger partial charge in [0, 0.05) is 6.08 Å². The molecule has 0 atom stereocenters. The molecule has 0 bridgehead atoms. The molecule has 0 amide bonds. The zero-order chi connectivity index (χ0) is 9.94. The maximum Gasteiger partial charge on any atom is 0.330 e. The van der Waals surface area contributed by atoms with Crippen LogP contribution in [-0.4, -0.2) is 32.4 Å². The predicted molar refractivity (Wildman–Crippen MR) is 54.9 cm³/mol. The summed E-state index contributed by atoms with van der Waals surface area (Å²) in [7, 11) is 0. The number of hydrogen-bond donors (Lipinski definition) is 0. The Hall–Kier alpha value is -1.29. The van der Waals surface area contributed by atoms with Gasteiger partial charge in [-0.05, 0) is 0 Å². The van der Waals surface area contributed by atoms with Gasteiger partial charge in [-0.15, -0.1) is 0 Å². The van der Waals surface area contributed by atoms with E-state index in [2.05, 4.69) is 17.9 Å². The Morgan fingerprint density at radius 3 is 2.36 bits per heavy atom. The summed E-state index contributed by atoms with van der Waals surface area (Å²) in [6, 6.07) is 0. The predicted octanol–water partition coefficient (Wildman–Crippen LogP) is 1.53. The number of carbonyl (C=O) groups excluding carboxylic acids is 1. The molecule has 0 rings (SSSR count). The third-order valence-corrected chi connectivity index (χ3v) is 1.10. The lowest BCUT2D eigenvalue weighted by Crippen LogP contribution is -2.10. The second-order valence-corrected chi connectivity index (χ2v) is 2.02. The molecule has 0 heterocycles. The van der Waals surface area contributed by atoms with Crippen molar-refractivity contribution in [2.75, 3.05) is 26.4 Å². The van der Waals surface area contributed by atoms with Gasteiger partial charge in [-0.1, -0.05) is 20.6 Å². The standard InChI is InChI=1S/C9H14O4.CH4/c1-3-9(10)13-8-7-12-6-5-11-4-2;/h3-4H,1-2,5-8H2;1H4. The van der Waals surface area contributed by atoms with Gasteiger partial charge in [0.15, 0.2) is 0 Å². The highest BCUT2D eigenvalue weighted by Crippen LogP contribution is 1.82. The van der Waals surface area contributed by atoms with Crippen molar-refractivity contribution in [3.05, 3.63) is 25.5 Å². The highest BCUT2D eigenvalue weighted by Gasteiger charge is 1.94. The lowest BCUT2D eigenvalue weighted by molar-refractivity contribution is -0.139. The monoisotopic (exact) mass is 202 g/mol. The molecule has 0 aliphatic heterocycles. The minimum atomic E-state index is -0.439. The molecule has 0 aliphatic carbocycles. The third-order valence-electron chi connectivity index (χ3n) is 1.10. The van der Waals surface area contributed by atoms with Gasteiger partial charge in [0.1, 0.15) is 13.2 Å². The van der Waals surface area contributed by atoms with Gasteiger partial charge in [-0.25, -0.2) is 4.79 Å². The third kappa shape index (κ3) is 10.7.